The number of ether oxygens (including phenoxy) is 1. The molecule has 3 aromatic rings. The molecule has 1 aromatic heterocycles. The lowest BCUT2D eigenvalue weighted by molar-refractivity contribution is 0.0784. The number of methoxy groups -OCH3 is 1. The molecule has 0 saturated heterocycles. The Morgan fingerprint density at radius 1 is 1.17 bits per heavy atom. The van der Waals surface area contributed by atoms with Gasteiger partial charge in [-0.25, -0.2) is 4.39 Å². The van der Waals surface area contributed by atoms with Gasteiger partial charge in [0.05, 0.1) is 13.4 Å². The normalized spacial score (nSPS) is 10.5. The molecule has 3 rings (SSSR count). The number of rotatable bonds is 6. The van der Waals surface area contributed by atoms with Crippen molar-refractivity contribution in [2.75, 3.05) is 19.5 Å². The molecule has 0 bridgehead atoms. The summed E-state index contributed by atoms with van der Waals surface area (Å²) >= 11 is 0. The number of furan rings is 1. The molecular weight excluding hydrogens is 375 g/mol. The number of amides is 2. The number of anilines is 1. The monoisotopic (exact) mass is 396 g/mol. The minimum atomic E-state index is -0.482. The Labute approximate surface area is 167 Å². The van der Waals surface area contributed by atoms with E-state index >= 15 is 0 Å². The Bertz CT molecular complexity index is 1030. The van der Waals surface area contributed by atoms with E-state index in [-0.39, 0.29) is 24.0 Å². The second-order valence-corrected chi connectivity index (χ2v) is 6.59. The summed E-state index contributed by atoms with van der Waals surface area (Å²) in [7, 11) is 3.03. The van der Waals surface area contributed by atoms with Gasteiger partial charge in [-0.2, -0.15) is 0 Å². The Kier molecular flexibility index (Phi) is 5.97. The highest BCUT2D eigenvalue weighted by atomic mass is 19.1. The first kappa shape index (κ1) is 20.1. The van der Waals surface area contributed by atoms with Crippen LogP contribution in [-0.2, 0) is 6.54 Å². The van der Waals surface area contributed by atoms with Crippen molar-refractivity contribution in [2.24, 2.45) is 0 Å². The predicted molar refractivity (Wildman–Crippen MR) is 107 cm³/mol. The minimum Gasteiger partial charge on any atom is -0.494 e. The third kappa shape index (κ3) is 4.63. The topological polar surface area (TPSA) is 71.8 Å². The maximum Gasteiger partial charge on any atom is 0.291 e. The molecule has 0 atom stereocenters. The number of halogens is 1. The lowest BCUT2D eigenvalue weighted by Crippen LogP contribution is -2.26. The fraction of sp³-hybridized carbons (Fsp3) is 0.182. The summed E-state index contributed by atoms with van der Waals surface area (Å²) in [5.74, 6) is -0.804. The van der Waals surface area contributed by atoms with Crippen molar-refractivity contribution in [1.29, 1.82) is 0 Å². The second-order valence-electron chi connectivity index (χ2n) is 6.59. The Balaban J connectivity index is 1.74. The average Bonchev–Trinajstić information content (AvgIpc) is 3.24. The van der Waals surface area contributed by atoms with Crippen molar-refractivity contribution >= 4 is 17.5 Å². The second kappa shape index (κ2) is 8.60. The minimum absolute atomic E-state index is 0.151. The number of hydrogen-bond acceptors (Lipinski definition) is 4. The summed E-state index contributed by atoms with van der Waals surface area (Å²) in [6.45, 7) is 2.05. The number of benzene rings is 2. The van der Waals surface area contributed by atoms with Crippen molar-refractivity contribution in [3.05, 3.63) is 83.1 Å². The van der Waals surface area contributed by atoms with Crippen LogP contribution in [0.25, 0.3) is 0 Å². The molecule has 0 unspecified atom stereocenters. The lowest BCUT2D eigenvalue weighted by Gasteiger charge is -2.19. The molecule has 0 spiro atoms. The van der Waals surface area contributed by atoms with Gasteiger partial charge in [0, 0.05) is 24.8 Å². The van der Waals surface area contributed by atoms with Crippen molar-refractivity contribution in [3.8, 4) is 5.75 Å². The van der Waals surface area contributed by atoms with Gasteiger partial charge in [0.1, 0.15) is 0 Å². The zero-order valence-electron chi connectivity index (χ0n) is 16.4. The van der Waals surface area contributed by atoms with E-state index in [1.165, 1.54) is 30.4 Å². The van der Waals surface area contributed by atoms with Crippen LogP contribution >= 0.6 is 0 Å². The zero-order chi connectivity index (χ0) is 21.0. The van der Waals surface area contributed by atoms with Gasteiger partial charge in [0.2, 0.25) is 0 Å². The summed E-state index contributed by atoms with van der Waals surface area (Å²) in [5, 5.41) is 2.75. The van der Waals surface area contributed by atoms with Crippen LogP contribution in [0.1, 0.15) is 32.0 Å². The zero-order valence-corrected chi connectivity index (χ0v) is 16.4. The first-order chi connectivity index (χ1) is 13.9. The first-order valence-electron chi connectivity index (χ1n) is 8.92. The first-order valence-corrected chi connectivity index (χ1v) is 8.92. The summed E-state index contributed by atoms with van der Waals surface area (Å²) in [6, 6.07) is 12.8. The summed E-state index contributed by atoms with van der Waals surface area (Å²) in [4.78, 5) is 26.5. The highest BCUT2D eigenvalue weighted by Crippen LogP contribution is 2.21. The fourth-order valence-corrected chi connectivity index (χ4v) is 2.86. The van der Waals surface area contributed by atoms with Crippen LogP contribution in [-0.4, -0.2) is 30.9 Å². The third-order valence-electron chi connectivity index (χ3n) is 4.46. The highest BCUT2D eigenvalue weighted by Gasteiger charge is 2.16. The van der Waals surface area contributed by atoms with Crippen LogP contribution in [0.2, 0.25) is 0 Å². The maximum absolute atomic E-state index is 13.9. The van der Waals surface area contributed by atoms with Gasteiger partial charge in [-0.3, -0.25) is 9.59 Å². The smallest absolute Gasteiger partial charge is 0.291 e. The molecule has 0 radical (unpaired) electrons. The van der Waals surface area contributed by atoms with E-state index in [9.17, 15) is 14.0 Å². The Hall–Kier alpha value is -3.61. The molecule has 29 heavy (non-hydrogen) atoms. The molecule has 6 nitrogen and oxygen atoms in total. The van der Waals surface area contributed by atoms with Gasteiger partial charge < -0.3 is 19.4 Å². The summed E-state index contributed by atoms with van der Waals surface area (Å²) in [5.41, 5.74) is 2.36. The molecule has 0 aliphatic heterocycles. The number of nitrogens with one attached hydrogen (secondary N) is 1. The molecule has 0 aliphatic rings. The van der Waals surface area contributed by atoms with E-state index in [1.54, 1.807) is 43.4 Å². The van der Waals surface area contributed by atoms with Crippen LogP contribution in [0, 0.1) is 12.7 Å². The summed E-state index contributed by atoms with van der Waals surface area (Å²) in [6.07, 6.45) is 1.42. The SMILES string of the molecule is COc1ccc(CN(C)C(=O)c2ccc(C)c(NC(=O)c3ccco3)c2)cc1F. The lowest BCUT2D eigenvalue weighted by atomic mass is 10.1. The number of carbonyl (C=O) groups excluding carboxylic acids is 2. The molecule has 2 amide bonds. The predicted octanol–water partition coefficient (Wildman–Crippen LogP) is 4.26. The van der Waals surface area contributed by atoms with E-state index in [0.717, 1.165) is 5.56 Å². The fourth-order valence-electron chi connectivity index (χ4n) is 2.86. The average molecular weight is 396 g/mol. The van der Waals surface area contributed by atoms with Gasteiger partial charge in [-0.1, -0.05) is 12.1 Å². The van der Waals surface area contributed by atoms with Gasteiger partial charge in [-0.05, 0) is 54.4 Å². The molecule has 1 heterocycles. The molecule has 0 fully saturated rings. The van der Waals surface area contributed by atoms with Crippen LogP contribution < -0.4 is 10.1 Å². The maximum atomic E-state index is 13.9. The Morgan fingerprint density at radius 3 is 2.62 bits per heavy atom. The number of nitrogens with zero attached hydrogens (tertiary/aromatic N) is 1. The van der Waals surface area contributed by atoms with E-state index in [4.69, 9.17) is 9.15 Å². The molecule has 0 saturated carbocycles. The van der Waals surface area contributed by atoms with Gasteiger partial charge >= 0.3 is 0 Å². The van der Waals surface area contributed by atoms with Crippen LogP contribution in [0.5, 0.6) is 5.75 Å². The highest BCUT2D eigenvalue weighted by molar-refractivity contribution is 6.03. The largest absolute Gasteiger partial charge is 0.494 e. The number of hydrogen-bond donors (Lipinski definition) is 1. The van der Waals surface area contributed by atoms with Crippen molar-refractivity contribution in [3.63, 3.8) is 0 Å². The van der Waals surface area contributed by atoms with Crippen molar-refractivity contribution < 1.29 is 23.1 Å². The number of aryl methyl sites for hydroxylation is 1. The van der Waals surface area contributed by atoms with E-state index < -0.39 is 11.7 Å². The van der Waals surface area contributed by atoms with E-state index in [0.29, 0.717) is 16.8 Å². The molecule has 0 aliphatic carbocycles. The molecule has 7 heteroatoms. The Morgan fingerprint density at radius 2 is 1.97 bits per heavy atom. The van der Waals surface area contributed by atoms with Crippen LogP contribution in [0.15, 0.2) is 59.2 Å². The molecule has 2 aromatic carbocycles. The van der Waals surface area contributed by atoms with Crippen molar-refractivity contribution in [2.45, 2.75) is 13.5 Å². The van der Waals surface area contributed by atoms with Gasteiger partial charge in [-0.15, -0.1) is 0 Å². The van der Waals surface area contributed by atoms with E-state index in [1.807, 2.05) is 6.92 Å². The number of carbonyl (C=O) groups is 2. The van der Waals surface area contributed by atoms with E-state index in [2.05, 4.69) is 5.32 Å². The quantitative estimate of drug-likeness (QED) is 0.676. The third-order valence-corrected chi connectivity index (χ3v) is 4.46. The van der Waals surface area contributed by atoms with Crippen LogP contribution in [0.3, 0.4) is 0 Å². The van der Waals surface area contributed by atoms with Crippen LogP contribution in [0.4, 0.5) is 10.1 Å². The van der Waals surface area contributed by atoms with Crippen molar-refractivity contribution in [1.82, 2.24) is 4.90 Å². The standard InChI is InChI=1S/C22H21FN2O4/c1-14-6-8-16(12-18(14)24-21(26)20-5-4-10-29-20)22(27)25(2)13-15-7-9-19(28-3)17(23)11-15/h4-12H,13H2,1-3H3,(H,24,26). The molecule has 150 valence electrons. The van der Waals surface area contributed by atoms with Gasteiger partial charge in [0.25, 0.3) is 11.8 Å². The molecular formula is C22H21FN2O4. The summed E-state index contributed by atoms with van der Waals surface area (Å²) < 4.78 is 23.9. The van der Waals surface area contributed by atoms with Gasteiger partial charge in [0.15, 0.2) is 17.3 Å². The molecule has 1 N–H and O–H groups in total.